The molecule has 2 unspecified atom stereocenters. The molecular formula is C2H4KO5P2+2. The van der Waals surface area contributed by atoms with E-state index in [9.17, 15) is 9.13 Å². The van der Waals surface area contributed by atoms with Gasteiger partial charge in [0.25, 0.3) is 6.29 Å². The van der Waals surface area contributed by atoms with Crippen molar-refractivity contribution in [2.24, 2.45) is 0 Å². The van der Waals surface area contributed by atoms with Crippen LogP contribution in [-0.2, 0) is 22.5 Å². The van der Waals surface area contributed by atoms with Crippen LogP contribution in [-0.4, -0.2) is 57.7 Å². The van der Waals surface area contributed by atoms with Crippen LogP contribution >= 0.6 is 16.5 Å². The summed E-state index contributed by atoms with van der Waals surface area (Å²) in [5, 5.41) is 0. The first-order chi connectivity index (χ1) is 4.18. The Hall–Kier alpha value is 1.72. The average molecular weight is 209 g/mol. The van der Waals surface area contributed by atoms with Crippen molar-refractivity contribution in [2.75, 3.05) is 0 Å². The first-order valence-electron chi connectivity index (χ1n) is 2.14. The second-order valence-corrected chi connectivity index (χ2v) is 3.28. The summed E-state index contributed by atoms with van der Waals surface area (Å²) in [4.78, 5) is 0. The third kappa shape index (κ3) is 3.92. The fraction of sp³-hybridized carbons (Fsp3) is 1.00. The average Bonchev–Trinajstić information content (AvgIpc) is 1.59. The van der Waals surface area contributed by atoms with E-state index in [1.807, 2.05) is 0 Å². The predicted octanol–water partition coefficient (Wildman–Crippen LogP) is 1.33. The molecule has 0 bridgehead atoms. The topological polar surface area (TPSA) is 61.8 Å². The van der Waals surface area contributed by atoms with Crippen molar-refractivity contribution in [1.82, 2.24) is 0 Å². The van der Waals surface area contributed by atoms with Gasteiger partial charge in [0.15, 0.2) is 4.31 Å². The SMILES string of the molecule is CC1O[P+](=O)O[P+](=O)O1.[K]. The Bertz CT molecular complexity index is 144. The molecule has 0 saturated carbocycles. The van der Waals surface area contributed by atoms with Crippen LogP contribution in [0.3, 0.4) is 0 Å². The monoisotopic (exact) mass is 209 g/mol. The summed E-state index contributed by atoms with van der Waals surface area (Å²) in [6.45, 7) is 1.49. The summed E-state index contributed by atoms with van der Waals surface area (Å²) in [5.74, 6) is 0. The van der Waals surface area contributed by atoms with E-state index in [-0.39, 0.29) is 51.4 Å². The van der Waals surface area contributed by atoms with Crippen LogP contribution < -0.4 is 0 Å². The molecule has 0 N–H and O–H groups in total. The molecular weight excluding hydrogens is 205 g/mol. The Morgan fingerprint density at radius 1 is 1.20 bits per heavy atom. The van der Waals surface area contributed by atoms with Gasteiger partial charge in [-0.1, -0.05) is 9.05 Å². The molecule has 5 nitrogen and oxygen atoms in total. The summed E-state index contributed by atoms with van der Waals surface area (Å²) >= 11 is 0. The maximum Gasteiger partial charge on any atom is 0.750 e. The second-order valence-electron chi connectivity index (χ2n) is 1.31. The van der Waals surface area contributed by atoms with Crippen molar-refractivity contribution in [1.29, 1.82) is 0 Å². The van der Waals surface area contributed by atoms with Crippen LogP contribution in [0.5, 0.6) is 0 Å². The molecule has 1 aliphatic heterocycles. The zero-order chi connectivity index (χ0) is 6.85. The zero-order valence-electron chi connectivity index (χ0n) is 5.51. The van der Waals surface area contributed by atoms with E-state index in [1.165, 1.54) is 6.92 Å². The summed E-state index contributed by atoms with van der Waals surface area (Å²) in [5.41, 5.74) is 0. The van der Waals surface area contributed by atoms with Crippen molar-refractivity contribution in [2.45, 2.75) is 13.2 Å². The van der Waals surface area contributed by atoms with Gasteiger partial charge < -0.3 is 0 Å². The van der Waals surface area contributed by atoms with E-state index in [0.717, 1.165) is 0 Å². The molecule has 10 heavy (non-hydrogen) atoms. The van der Waals surface area contributed by atoms with Crippen LogP contribution in [0.1, 0.15) is 6.92 Å². The second kappa shape index (κ2) is 5.38. The molecule has 51 valence electrons. The predicted molar refractivity (Wildman–Crippen MR) is 33.7 cm³/mol. The molecule has 1 rings (SSSR count). The molecule has 0 aromatic heterocycles. The maximum atomic E-state index is 10.3. The number of rotatable bonds is 0. The van der Waals surface area contributed by atoms with Crippen molar-refractivity contribution < 1.29 is 22.5 Å². The summed E-state index contributed by atoms with van der Waals surface area (Å²) in [6.07, 6.45) is -0.703. The van der Waals surface area contributed by atoms with Crippen LogP contribution in [0.15, 0.2) is 0 Å². The molecule has 1 fully saturated rings. The minimum Gasteiger partial charge on any atom is -0.0792 e. The maximum absolute atomic E-state index is 10.3. The zero-order valence-corrected chi connectivity index (χ0v) is 10.4. The van der Waals surface area contributed by atoms with Crippen molar-refractivity contribution in [3.8, 4) is 0 Å². The first-order valence-corrected chi connectivity index (χ1v) is 4.34. The minimum atomic E-state index is -2.23. The molecule has 0 aliphatic carbocycles. The van der Waals surface area contributed by atoms with E-state index in [2.05, 4.69) is 13.4 Å². The van der Waals surface area contributed by atoms with Crippen molar-refractivity contribution in [3.05, 3.63) is 0 Å². The van der Waals surface area contributed by atoms with E-state index < -0.39 is 22.8 Å². The Morgan fingerprint density at radius 2 is 1.60 bits per heavy atom. The molecule has 1 heterocycles. The molecule has 1 aliphatic rings. The number of hydrogen-bond acceptors (Lipinski definition) is 5. The van der Waals surface area contributed by atoms with Gasteiger partial charge in [-0.25, -0.2) is 0 Å². The Kier molecular flexibility index (Phi) is 6.30. The van der Waals surface area contributed by atoms with Gasteiger partial charge in [0.05, 0.1) is 0 Å². The van der Waals surface area contributed by atoms with Crippen LogP contribution in [0.2, 0.25) is 0 Å². The molecule has 8 heteroatoms. The normalized spacial score (nSPS) is 33.1. The minimum absolute atomic E-state index is 0. The summed E-state index contributed by atoms with van der Waals surface area (Å²) in [6, 6.07) is 0. The van der Waals surface area contributed by atoms with Crippen LogP contribution in [0.4, 0.5) is 0 Å². The van der Waals surface area contributed by atoms with Crippen LogP contribution in [0, 0.1) is 0 Å². The molecule has 0 aromatic rings. The van der Waals surface area contributed by atoms with Gasteiger partial charge in [-0.05, 0) is 6.92 Å². The fourth-order valence-electron chi connectivity index (χ4n) is 0.355. The summed E-state index contributed by atoms with van der Waals surface area (Å²) < 4.78 is 33.7. The van der Waals surface area contributed by atoms with E-state index in [1.54, 1.807) is 0 Å². The standard InChI is InChI=1S/C2H4O5P2.K/c1-2-5-8(3)7-9(4)6-2;/h2H,1H3;/q+2;. The van der Waals surface area contributed by atoms with E-state index in [0.29, 0.717) is 0 Å². The van der Waals surface area contributed by atoms with Gasteiger partial charge in [-0.3, -0.25) is 0 Å². The molecule has 0 spiro atoms. The molecule has 0 aromatic carbocycles. The van der Waals surface area contributed by atoms with Crippen LogP contribution in [0.25, 0.3) is 0 Å². The number of hydrogen-bond donors (Lipinski definition) is 0. The van der Waals surface area contributed by atoms with Gasteiger partial charge in [-0.2, -0.15) is 0 Å². The third-order valence-electron chi connectivity index (χ3n) is 0.602. The molecule has 2 atom stereocenters. The molecule has 1 radical (unpaired) electrons. The largest absolute Gasteiger partial charge is 0.750 e. The van der Waals surface area contributed by atoms with Gasteiger partial charge in [0, 0.05) is 60.5 Å². The quantitative estimate of drug-likeness (QED) is 0.444. The van der Waals surface area contributed by atoms with E-state index >= 15 is 0 Å². The van der Waals surface area contributed by atoms with Crippen molar-refractivity contribution >= 4 is 67.9 Å². The van der Waals surface area contributed by atoms with E-state index in [4.69, 9.17) is 0 Å². The Balaban J connectivity index is 0.000000810. The fourth-order valence-corrected chi connectivity index (χ4v) is 1.74. The first kappa shape index (κ1) is 11.7. The smallest absolute Gasteiger partial charge is 0.0792 e. The van der Waals surface area contributed by atoms with Gasteiger partial charge >= 0.3 is 16.5 Å². The Labute approximate surface area is 102 Å². The molecule has 0 amide bonds. The van der Waals surface area contributed by atoms with Crippen molar-refractivity contribution in [3.63, 3.8) is 0 Å². The van der Waals surface area contributed by atoms with Gasteiger partial charge in [0.1, 0.15) is 0 Å². The molecule has 1 saturated heterocycles. The van der Waals surface area contributed by atoms with Gasteiger partial charge in [0.2, 0.25) is 0 Å². The van der Waals surface area contributed by atoms with Gasteiger partial charge in [-0.15, -0.1) is 0 Å². The Morgan fingerprint density at radius 3 is 1.90 bits per heavy atom. The third-order valence-corrected chi connectivity index (χ3v) is 2.61. The summed E-state index contributed by atoms with van der Waals surface area (Å²) in [7, 11) is -4.46.